The number of nitrogens with zero attached hydrogens (tertiary/aromatic N) is 1. The van der Waals surface area contributed by atoms with Gasteiger partial charge in [0.2, 0.25) is 5.91 Å². The largest absolute Gasteiger partial charge is 0.351 e. The second kappa shape index (κ2) is 8.79. The summed E-state index contributed by atoms with van der Waals surface area (Å²) in [5, 5.41) is 2.87. The van der Waals surface area contributed by atoms with Crippen LogP contribution in [0.1, 0.15) is 35.4 Å². The van der Waals surface area contributed by atoms with Gasteiger partial charge in [-0.2, -0.15) is 4.31 Å². The molecule has 2 rings (SSSR count). The molecule has 1 heterocycles. The fourth-order valence-corrected chi connectivity index (χ4v) is 5.54. The summed E-state index contributed by atoms with van der Waals surface area (Å²) in [7, 11) is -3.44. The Bertz CT molecular complexity index is 869. The first kappa shape index (κ1) is 20.6. The molecule has 1 aromatic carbocycles. The van der Waals surface area contributed by atoms with Gasteiger partial charge in [0.15, 0.2) is 0 Å². The van der Waals surface area contributed by atoms with Crippen molar-refractivity contribution in [1.29, 1.82) is 0 Å². The van der Waals surface area contributed by atoms with Crippen LogP contribution in [0.5, 0.6) is 0 Å². The van der Waals surface area contributed by atoms with Crippen LogP contribution in [0.15, 0.2) is 34.5 Å². The van der Waals surface area contributed by atoms with E-state index in [-0.39, 0.29) is 5.91 Å². The van der Waals surface area contributed by atoms with E-state index >= 15 is 0 Å². The van der Waals surface area contributed by atoms with Gasteiger partial charge in [-0.3, -0.25) is 4.79 Å². The van der Waals surface area contributed by atoms with Gasteiger partial charge in [-0.05, 0) is 42.7 Å². The maximum Gasteiger partial charge on any atom is 0.252 e. The zero-order valence-electron chi connectivity index (χ0n) is 15.7. The molecule has 0 aliphatic carbocycles. The van der Waals surface area contributed by atoms with Gasteiger partial charge in [0.1, 0.15) is 4.21 Å². The summed E-state index contributed by atoms with van der Waals surface area (Å²) in [6.07, 6.45) is 0.317. The molecule has 1 N–H and O–H groups in total. The number of hydrogen-bond acceptors (Lipinski definition) is 4. The summed E-state index contributed by atoms with van der Waals surface area (Å²) in [5.74, 6) is -0.0743. The first-order valence-corrected chi connectivity index (χ1v) is 10.9. The van der Waals surface area contributed by atoms with Crippen molar-refractivity contribution >= 4 is 27.3 Å². The molecule has 0 fully saturated rings. The highest BCUT2D eigenvalue weighted by molar-refractivity contribution is 7.91. The summed E-state index contributed by atoms with van der Waals surface area (Å²) in [6.45, 7) is 8.94. The van der Waals surface area contributed by atoms with Crippen LogP contribution in [-0.2, 0) is 27.8 Å². The minimum atomic E-state index is -3.44. The predicted octanol–water partition coefficient (Wildman–Crippen LogP) is 3.25. The van der Waals surface area contributed by atoms with Gasteiger partial charge in [0.25, 0.3) is 10.0 Å². The summed E-state index contributed by atoms with van der Waals surface area (Å²) < 4.78 is 26.7. The number of benzene rings is 1. The Balaban J connectivity index is 1.97. The average Bonchev–Trinajstić information content (AvgIpc) is 3.07. The van der Waals surface area contributed by atoms with Crippen LogP contribution in [-0.4, -0.2) is 31.7 Å². The zero-order valence-corrected chi connectivity index (χ0v) is 17.3. The number of carbonyl (C=O) groups is 1. The van der Waals surface area contributed by atoms with Gasteiger partial charge in [-0.15, -0.1) is 11.3 Å². The van der Waals surface area contributed by atoms with E-state index in [2.05, 4.69) is 5.32 Å². The molecule has 0 spiro atoms. The molecule has 0 bridgehead atoms. The van der Waals surface area contributed by atoms with Crippen LogP contribution in [0.2, 0.25) is 0 Å². The molecule has 1 amide bonds. The molecule has 26 heavy (non-hydrogen) atoms. The number of amides is 1. The van der Waals surface area contributed by atoms with Gasteiger partial charge in [-0.25, -0.2) is 8.42 Å². The van der Waals surface area contributed by atoms with Gasteiger partial charge < -0.3 is 5.32 Å². The molecule has 2 aromatic rings. The highest BCUT2D eigenvalue weighted by Gasteiger charge is 2.23. The van der Waals surface area contributed by atoms with Crippen LogP contribution in [0, 0.1) is 13.8 Å². The fraction of sp³-hybridized carbons (Fsp3) is 0.421. The molecular formula is C19H26N2O3S2. The van der Waals surface area contributed by atoms with Crippen molar-refractivity contribution in [3.05, 3.63) is 51.9 Å². The number of nitrogens with one attached hydrogen (secondary N) is 1. The van der Waals surface area contributed by atoms with Gasteiger partial charge in [-0.1, -0.05) is 32.0 Å². The number of aryl methyl sites for hydroxylation is 2. The molecule has 0 saturated heterocycles. The maximum atomic E-state index is 12.5. The van der Waals surface area contributed by atoms with E-state index in [1.165, 1.54) is 26.8 Å². The zero-order chi connectivity index (χ0) is 19.3. The SMILES string of the molecule is CCN(CC)S(=O)(=O)c1ccc(CNC(=O)Cc2ccc(C)c(C)c2)s1. The molecule has 0 saturated carbocycles. The minimum absolute atomic E-state index is 0.0743. The third-order valence-corrected chi connectivity index (χ3v) is 7.93. The summed E-state index contributed by atoms with van der Waals surface area (Å²) in [5.41, 5.74) is 3.34. The number of carbonyl (C=O) groups excluding carboxylic acids is 1. The van der Waals surface area contributed by atoms with Crippen molar-refractivity contribution in [1.82, 2.24) is 9.62 Å². The van der Waals surface area contributed by atoms with Crippen molar-refractivity contribution in [3.8, 4) is 0 Å². The third-order valence-electron chi connectivity index (χ3n) is 4.33. The lowest BCUT2D eigenvalue weighted by Gasteiger charge is -2.16. The minimum Gasteiger partial charge on any atom is -0.351 e. The molecule has 0 aliphatic rings. The predicted molar refractivity (Wildman–Crippen MR) is 106 cm³/mol. The molecule has 0 atom stereocenters. The smallest absolute Gasteiger partial charge is 0.252 e. The third kappa shape index (κ3) is 4.93. The van der Waals surface area contributed by atoms with Gasteiger partial charge in [0.05, 0.1) is 13.0 Å². The summed E-state index contributed by atoms with van der Waals surface area (Å²) in [4.78, 5) is 13.0. The highest BCUT2D eigenvalue weighted by atomic mass is 32.2. The van der Waals surface area contributed by atoms with E-state index < -0.39 is 10.0 Å². The molecule has 1 aromatic heterocycles. The van der Waals surface area contributed by atoms with Crippen LogP contribution < -0.4 is 5.32 Å². The van der Waals surface area contributed by atoms with Crippen LogP contribution in [0.4, 0.5) is 0 Å². The standard InChI is InChI=1S/C19H26N2O3S2/c1-5-21(6-2)26(23,24)19-10-9-17(25-19)13-20-18(22)12-16-8-7-14(3)15(4)11-16/h7-11H,5-6,12-13H2,1-4H3,(H,20,22). The number of rotatable bonds is 8. The van der Waals surface area contributed by atoms with Crippen molar-refractivity contribution in [2.24, 2.45) is 0 Å². The molecular weight excluding hydrogens is 368 g/mol. The maximum absolute atomic E-state index is 12.5. The van der Waals surface area contributed by atoms with Crippen LogP contribution in [0.25, 0.3) is 0 Å². The Morgan fingerprint density at radius 2 is 1.77 bits per heavy atom. The quantitative estimate of drug-likeness (QED) is 0.747. The normalized spacial score (nSPS) is 11.7. The topological polar surface area (TPSA) is 66.5 Å². The second-order valence-corrected chi connectivity index (χ2v) is 9.52. The Kier molecular flexibility index (Phi) is 6.97. The van der Waals surface area contributed by atoms with Crippen molar-refractivity contribution < 1.29 is 13.2 Å². The Morgan fingerprint density at radius 1 is 1.08 bits per heavy atom. The Hall–Kier alpha value is -1.70. The van der Waals surface area contributed by atoms with E-state index in [1.807, 2.05) is 45.9 Å². The fourth-order valence-electron chi connectivity index (χ4n) is 2.63. The molecule has 0 aliphatic heterocycles. The van der Waals surface area contributed by atoms with E-state index in [0.29, 0.717) is 30.3 Å². The first-order chi connectivity index (χ1) is 12.3. The van der Waals surface area contributed by atoms with Crippen molar-refractivity contribution in [2.45, 2.75) is 44.9 Å². The first-order valence-electron chi connectivity index (χ1n) is 8.69. The number of sulfonamides is 1. The van der Waals surface area contributed by atoms with Crippen LogP contribution >= 0.6 is 11.3 Å². The average molecular weight is 395 g/mol. The Morgan fingerprint density at radius 3 is 2.38 bits per heavy atom. The van der Waals surface area contributed by atoms with Crippen molar-refractivity contribution in [3.63, 3.8) is 0 Å². The van der Waals surface area contributed by atoms with Crippen molar-refractivity contribution in [2.75, 3.05) is 13.1 Å². The molecule has 142 valence electrons. The second-order valence-electron chi connectivity index (χ2n) is 6.18. The monoisotopic (exact) mass is 394 g/mol. The van der Waals surface area contributed by atoms with E-state index in [4.69, 9.17) is 0 Å². The molecule has 0 unspecified atom stereocenters. The summed E-state index contributed by atoms with van der Waals surface area (Å²) >= 11 is 1.21. The number of thiophene rings is 1. The van der Waals surface area contributed by atoms with E-state index in [9.17, 15) is 13.2 Å². The molecule has 7 heteroatoms. The lowest BCUT2D eigenvalue weighted by Crippen LogP contribution is -2.30. The lowest BCUT2D eigenvalue weighted by atomic mass is 10.0. The van der Waals surface area contributed by atoms with Crippen LogP contribution in [0.3, 0.4) is 0 Å². The van der Waals surface area contributed by atoms with Gasteiger partial charge >= 0.3 is 0 Å². The van der Waals surface area contributed by atoms with E-state index in [1.54, 1.807) is 12.1 Å². The molecule has 5 nitrogen and oxygen atoms in total. The molecule has 0 radical (unpaired) electrons. The highest BCUT2D eigenvalue weighted by Crippen LogP contribution is 2.24. The van der Waals surface area contributed by atoms with E-state index in [0.717, 1.165) is 10.4 Å². The lowest BCUT2D eigenvalue weighted by molar-refractivity contribution is -0.120. The number of hydrogen-bond donors (Lipinski definition) is 1. The summed E-state index contributed by atoms with van der Waals surface area (Å²) in [6, 6.07) is 9.37. The van der Waals surface area contributed by atoms with Gasteiger partial charge in [0, 0.05) is 18.0 Å². The Labute approximate surface area is 160 Å².